The molecule has 3 N–H and O–H groups in total. The highest BCUT2D eigenvalue weighted by Gasteiger charge is 2.44. The Kier molecular flexibility index (Phi) is 6.64. The lowest BCUT2D eigenvalue weighted by atomic mass is 9.68. The molecule has 0 radical (unpaired) electrons. The highest BCUT2D eigenvalue weighted by molar-refractivity contribution is 5.80. The van der Waals surface area contributed by atoms with Crippen LogP contribution in [0.25, 0.3) is 11.1 Å². The van der Waals surface area contributed by atoms with Gasteiger partial charge in [-0.2, -0.15) is 0 Å². The van der Waals surface area contributed by atoms with Gasteiger partial charge in [-0.3, -0.25) is 9.59 Å². The number of nitrogens with one attached hydrogen (secondary N) is 2. The number of hydrogen-bond acceptors (Lipinski definition) is 4. The van der Waals surface area contributed by atoms with Gasteiger partial charge in [0, 0.05) is 25.4 Å². The van der Waals surface area contributed by atoms with Gasteiger partial charge in [0.1, 0.15) is 6.61 Å². The molecule has 0 saturated heterocycles. The van der Waals surface area contributed by atoms with E-state index in [2.05, 4.69) is 34.9 Å². The first kappa shape index (κ1) is 23.8. The number of benzene rings is 2. The molecule has 34 heavy (non-hydrogen) atoms. The fourth-order valence-electron chi connectivity index (χ4n) is 4.86. The summed E-state index contributed by atoms with van der Waals surface area (Å²) in [5.74, 6) is -1.08. The first-order chi connectivity index (χ1) is 16.2. The van der Waals surface area contributed by atoms with Crippen LogP contribution in [0, 0.1) is 10.8 Å². The molecule has 0 atom stereocenters. The average Bonchev–Trinajstić information content (AvgIpc) is 3.09. The molecule has 0 spiro atoms. The van der Waals surface area contributed by atoms with Crippen LogP contribution < -0.4 is 10.6 Å². The maximum absolute atomic E-state index is 12.4. The second kappa shape index (κ2) is 9.49. The lowest BCUT2D eigenvalue weighted by molar-refractivity contribution is -0.154. The first-order valence-corrected chi connectivity index (χ1v) is 11.8. The SMILES string of the molecule is CC(C)(CNC(=O)OCC1c2ccccc2-c2ccccc21)CC(=O)NCC1(C(=O)O)CCC1. The third kappa shape index (κ3) is 4.93. The molecule has 0 aliphatic heterocycles. The van der Waals surface area contributed by atoms with Crippen LogP contribution in [0.5, 0.6) is 0 Å². The lowest BCUT2D eigenvalue weighted by Crippen LogP contribution is -2.48. The van der Waals surface area contributed by atoms with Crippen LogP contribution in [-0.2, 0) is 14.3 Å². The highest BCUT2D eigenvalue weighted by atomic mass is 16.5. The number of ether oxygens (including phenoxy) is 1. The summed E-state index contributed by atoms with van der Waals surface area (Å²) in [6, 6.07) is 16.3. The molecule has 2 aromatic rings. The zero-order valence-corrected chi connectivity index (χ0v) is 19.7. The number of carbonyl (C=O) groups is 3. The largest absolute Gasteiger partial charge is 0.481 e. The number of carboxylic acids is 1. The molecule has 2 aliphatic rings. The topological polar surface area (TPSA) is 105 Å². The van der Waals surface area contributed by atoms with Crippen molar-refractivity contribution in [3.8, 4) is 11.1 Å². The maximum atomic E-state index is 12.4. The van der Waals surface area contributed by atoms with E-state index in [1.165, 1.54) is 11.1 Å². The van der Waals surface area contributed by atoms with Crippen molar-refractivity contribution in [2.75, 3.05) is 19.7 Å². The smallest absolute Gasteiger partial charge is 0.407 e. The van der Waals surface area contributed by atoms with Crippen LogP contribution in [0.3, 0.4) is 0 Å². The van der Waals surface area contributed by atoms with Gasteiger partial charge in [0.25, 0.3) is 0 Å². The monoisotopic (exact) mass is 464 g/mol. The molecule has 0 heterocycles. The Bertz CT molecular complexity index is 1040. The summed E-state index contributed by atoms with van der Waals surface area (Å²) in [6.07, 6.45) is 1.71. The van der Waals surface area contributed by atoms with Crippen LogP contribution in [0.15, 0.2) is 48.5 Å². The summed E-state index contributed by atoms with van der Waals surface area (Å²) < 4.78 is 5.56. The van der Waals surface area contributed by atoms with Gasteiger partial charge in [-0.05, 0) is 40.5 Å². The third-order valence-electron chi connectivity index (χ3n) is 7.08. The Hall–Kier alpha value is -3.35. The predicted octanol–water partition coefficient (Wildman–Crippen LogP) is 4.31. The van der Waals surface area contributed by atoms with Crippen molar-refractivity contribution >= 4 is 18.0 Å². The van der Waals surface area contributed by atoms with Crippen molar-refractivity contribution in [2.24, 2.45) is 10.8 Å². The second-order valence-electron chi connectivity index (χ2n) is 10.2. The molecule has 7 nitrogen and oxygen atoms in total. The summed E-state index contributed by atoms with van der Waals surface area (Å²) in [5.41, 5.74) is 3.32. The summed E-state index contributed by atoms with van der Waals surface area (Å²) >= 11 is 0. The number of alkyl carbamates (subject to hydrolysis) is 1. The average molecular weight is 465 g/mol. The van der Waals surface area contributed by atoms with Crippen LogP contribution in [0.4, 0.5) is 4.79 Å². The molecule has 2 aliphatic carbocycles. The Morgan fingerprint density at radius 1 is 1.00 bits per heavy atom. The van der Waals surface area contributed by atoms with Gasteiger partial charge in [0.15, 0.2) is 0 Å². The number of aliphatic carboxylic acids is 1. The minimum Gasteiger partial charge on any atom is -0.481 e. The van der Waals surface area contributed by atoms with E-state index in [1.54, 1.807) is 0 Å². The standard InChI is InChI=1S/C27H32N2O5/c1-26(2,14-23(30)28-17-27(24(31)32)12-7-13-27)16-29-25(33)34-15-22-20-10-5-3-8-18(20)19-9-4-6-11-21(19)22/h3-6,8-11,22H,7,12-17H2,1-2H3,(H,28,30)(H,29,33)(H,31,32). The van der Waals surface area contributed by atoms with Gasteiger partial charge in [0.05, 0.1) is 5.41 Å². The van der Waals surface area contributed by atoms with E-state index in [0.29, 0.717) is 12.8 Å². The summed E-state index contributed by atoms with van der Waals surface area (Å²) in [7, 11) is 0. The van der Waals surface area contributed by atoms with Crippen LogP contribution in [0.1, 0.15) is 56.6 Å². The number of carboxylic acid groups (broad SMARTS) is 1. The van der Waals surface area contributed by atoms with E-state index in [9.17, 15) is 19.5 Å². The van der Waals surface area contributed by atoms with Gasteiger partial charge in [-0.1, -0.05) is 68.8 Å². The molecule has 2 amide bonds. The van der Waals surface area contributed by atoms with Gasteiger partial charge in [-0.25, -0.2) is 4.79 Å². The van der Waals surface area contributed by atoms with E-state index in [1.807, 2.05) is 38.1 Å². The molecule has 4 rings (SSSR count). The minimum atomic E-state index is -0.852. The molecule has 180 valence electrons. The van der Waals surface area contributed by atoms with Crippen LogP contribution >= 0.6 is 0 Å². The van der Waals surface area contributed by atoms with Crippen LogP contribution in [0.2, 0.25) is 0 Å². The first-order valence-electron chi connectivity index (χ1n) is 11.8. The zero-order valence-electron chi connectivity index (χ0n) is 19.7. The molecule has 2 aromatic carbocycles. The Morgan fingerprint density at radius 2 is 1.59 bits per heavy atom. The predicted molar refractivity (Wildman–Crippen MR) is 128 cm³/mol. The van der Waals surface area contributed by atoms with E-state index in [-0.39, 0.29) is 37.9 Å². The summed E-state index contributed by atoms with van der Waals surface area (Å²) in [6.45, 7) is 4.41. The summed E-state index contributed by atoms with van der Waals surface area (Å²) in [5, 5.41) is 14.9. The molecule has 1 saturated carbocycles. The molecule has 7 heteroatoms. The van der Waals surface area contributed by atoms with Gasteiger partial charge < -0.3 is 20.5 Å². The lowest BCUT2D eigenvalue weighted by Gasteiger charge is -2.37. The Balaban J connectivity index is 1.25. The van der Waals surface area contributed by atoms with Crippen molar-refractivity contribution in [3.05, 3.63) is 59.7 Å². The number of hydrogen-bond donors (Lipinski definition) is 3. The number of carbonyl (C=O) groups excluding carboxylic acids is 2. The second-order valence-corrected chi connectivity index (χ2v) is 10.2. The van der Waals surface area contributed by atoms with E-state index >= 15 is 0 Å². The number of rotatable bonds is 9. The minimum absolute atomic E-state index is 0.00926. The molecule has 0 bridgehead atoms. The number of amides is 2. The zero-order chi connectivity index (χ0) is 24.3. The fraction of sp³-hybridized carbons (Fsp3) is 0.444. The normalized spacial score (nSPS) is 16.1. The quantitative estimate of drug-likeness (QED) is 0.513. The van der Waals surface area contributed by atoms with E-state index in [0.717, 1.165) is 17.5 Å². The molecule has 1 fully saturated rings. The van der Waals surface area contributed by atoms with Crippen molar-refractivity contribution in [2.45, 2.75) is 45.4 Å². The Morgan fingerprint density at radius 3 is 2.12 bits per heavy atom. The van der Waals surface area contributed by atoms with E-state index < -0.39 is 22.9 Å². The molecule has 0 unspecified atom stereocenters. The Labute approximate surface area is 199 Å². The van der Waals surface area contributed by atoms with Gasteiger partial charge >= 0.3 is 12.1 Å². The van der Waals surface area contributed by atoms with Crippen molar-refractivity contribution in [3.63, 3.8) is 0 Å². The summed E-state index contributed by atoms with van der Waals surface area (Å²) in [4.78, 5) is 36.3. The molecule has 0 aromatic heterocycles. The van der Waals surface area contributed by atoms with Crippen molar-refractivity contribution in [1.82, 2.24) is 10.6 Å². The molecular formula is C27H32N2O5. The maximum Gasteiger partial charge on any atom is 0.407 e. The highest BCUT2D eigenvalue weighted by Crippen LogP contribution is 2.44. The van der Waals surface area contributed by atoms with Gasteiger partial charge in [-0.15, -0.1) is 0 Å². The van der Waals surface area contributed by atoms with Crippen LogP contribution in [-0.4, -0.2) is 42.8 Å². The van der Waals surface area contributed by atoms with E-state index in [4.69, 9.17) is 4.74 Å². The fourth-order valence-corrected chi connectivity index (χ4v) is 4.86. The van der Waals surface area contributed by atoms with Crippen molar-refractivity contribution in [1.29, 1.82) is 0 Å². The van der Waals surface area contributed by atoms with Crippen molar-refractivity contribution < 1.29 is 24.2 Å². The number of fused-ring (bicyclic) bond motifs is 3. The molecular weight excluding hydrogens is 432 g/mol. The van der Waals surface area contributed by atoms with Gasteiger partial charge in [0.2, 0.25) is 5.91 Å². The third-order valence-corrected chi connectivity index (χ3v) is 7.08.